The van der Waals surface area contributed by atoms with Gasteiger partial charge in [0.15, 0.2) is 15.7 Å². The summed E-state index contributed by atoms with van der Waals surface area (Å²) >= 11 is 0. The number of aromatic amines is 2. The van der Waals surface area contributed by atoms with Crippen molar-refractivity contribution < 1.29 is 8.42 Å². The number of benzene rings is 2. The SMILES string of the molecule is CS(=O)(=O)c1cc2ccc(-c3nccc(Nc4ccc(-c5cn[nH]c5)cc4)n3)cc2[nH]1. The first-order chi connectivity index (χ1) is 15.0. The molecule has 0 bridgehead atoms. The quantitative estimate of drug-likeness (QED) is 0.385. The summed E-state index contributed by atoms with van der Waals surface area (Å²) in [5, 5.41) is 11.1. The molecule has 0 spiro atoms. The lowest BCUT2D eigenvalue weighted by atomic mass is 10.1. The van der Waals surface area contributed by atoms with Crippen LogP contribution in [0.5, 0.6) is 0 Å². The van der Waals surface area contributed by atoms with Gasteiger partial charge in [0.1, 0.15) is 10.8 Å². The van der Waals surface area contributed by atoms with Crippen LogP contribution in [0.2, 0.25) is 0 Å². The van der Waals surface area contributed by atoms with Gasteiger partial charge >= 0.3 is 0 Å². The Hall–Kier alpha value is -3.98. The molecular formula is C22H18N6O2S. The van der Waals surface area contributed by atoms with Gasteiger partial charge in [-0.2, -0.15) is 5.10 Å². The number of anilines is 2. The lowest BCUT2D eigenvalue weighted by Gasteiger charge is -2.08. The molecule has 0 radical (unpaired) electrons. The van der Waals surface area contributed by atoms with Crippen LogP contribution in [-0.2, 0) is 9.84 Å². The normalized spacial score (nSPS) is 11.6. The van der Waals surface area contributed by atoms with Crippen LogP contribution in [0.25, 0.3) is 33.4 Å². The highest BCUT2D eigenvalue weighted by atomic mass is 32.2. The lowest BCUT2D eigenvalue weighted by Crippen LogP contribution is -1.97. The maximum absolute atomic E-state index is 11.8. The highest BCUT2D eigenvalue weighted by Crippen LogP contribution is 2.26. The van der Waals surface area contributed by atoms with Crippen LogP contribution in [0.1, 0.15) is 0 Å². The molecule has 0 fully saturated rings. The first-order valence-electron chi connectivity index (χ1n) is 9.48. The molecule has 3 heterocycles. The molecule has 9 heteroatoms. The molecule has 31 heavy (non-hydrogen) atoms. The smallest absolute Gasteiger partial charge is 0.190 e. The number of rotatable bonds is 5. The first-order valence-corrected chi connectivity index (χ1v) is 11.4. The van der Waals surface area contributed by atoms with Gasteiger partial charge in [-0.15, -0.1) is 0 Å². The lowest BCUT2D eigenvalue weighted by molar-refractivity contribution is 0.599. The molecule has 0 aliphatic rings. The van der Waals surface area contributed by atoms with E-state index in [9.17, 15) is 8.42 Å². The van der Waals surface area contributed by atoms with Gasteiger partial charge < -0.3 is 10.3 Å². The average Bonchev–Trinajstić information content (AvgIpc) is 3.44. The molecule has 8 nitrogen and oxygen atoms in total. The van der Waals surface area contributed by atoms with Crippen molar-refractivity contribution in [2.24, 2.45) is 0 Å². The molecule has 3 aromatic heterocycles. The van der Waals surface area contributed by atoms with E-state index in [2.05, 4.69) is 30.5 Å². The van der Waals surface area contributed by atoms with Crippen LogP contribution in [-0.4, -0.2) is 39.8 Å². The van der Waals surface area contributed by atoms with Gasteiger partial charge in [0.05, 0.1) is 6.20 Å². The molecule has 0 aliphatic carbocycles. The Morgan fingerprint density at radius 3 is 2.48 bits per heavy atom. The number of nitrogens with zero attached hydrogens (tertiary/aromatic N) is 3. The molecular weight excluding hydrogens is 412 g/mol. The van der Waals surface area contributed by atoms with E-state index in [1.807, 2.05) is 48.7 Å². The van der Waals surface area contributed by atoms with Crippen LogP contribution in [0, 0.1) is 0 Å². The van der Waals surface area contributed by atoms with E-state index >= 15 is 0 Å². The second kappa shape index (κ2) is 7.37. The minimum absolute atomic E-state index is 0.190. The van der Waals surface area contributed by atoms with Crippen molar-refractivity contribution in [2.45, 2.75) is 5.03 Å². The summed E-state index contributed by atoms with van der Waals surface area (Å²) in [5.74, 6) is 1.20. The average molecular weight is 430 g/mol. The Morgan fingerprint density at radius 2 is 1.74 bits per heavy atom. The number of nitrogens with one attached hydrogen (secondary N) is 3. The van der Waals surface area contributed by atoms with Crippen LogP contribution in [0.3, 0.4) is 0 Å². The van der Waals surface area contributed by atoms with E-state index in [1.54, 1.807) is 24.5 Å². The summed E-state index contributed by atoms with van der Waals surface area (Å²) in [7, 11) is -3.30. The zero-order chi connectivity index (χ0) is 21.4. The van der Waals surface area contributed by atoms with E-state index in [0.29, 0.717) is 11.6 Å². The number of H-pyrrole nitrogens is 2. The molecule has 154 valence electrons. The number of fused-ring (bicyclic) bond motifs is 1. The third-order valence-electron chi connectivity index (χ3n) is 4.90. The standard InChI is InChI=1S/C22H18N6O2S/c1-31(29,30)21-11-15-2-3-16(10-19(15)27-21)22-23-9-8-20(28-22)26-18-6-4-14(5-7-18)17-12-24-25-13-17/h2-13,27H,1H3,(H,24,25)(H,23,26,28). The van der Waals surface area contributed by atoms with Crippen molar-refractivity contribution in [3.8, 4) is 22.5 Å². The number of hydrogen-bond donors (Lipinski definition) is 3. The van der Waals surface area contributed by atoms with Gasteiger partial charge in [-0.05, 0) is 35.9 Å². The molecule has 0 atom stereocenters. The molecule has 0 saturated carbocycles. The van der Waals surface area contributed by atoms with Crippen molar-refractivity contribution >= 4 is 32.2 Å². The topological polar surface area (TPSA) is 116 Å². The van der Waals surface area contributed by atoms with Crippen molar-refractivity contribution in [2.75, 3.05) is 11.6 Å². The Bertz CT molecular complexity index is 1470. The molecule has 2 aromatic carbocycles. The van der Waals surface area contributed by atoms with Gasteiger partial charge in [0.2, 0.25) is 0 Å². The summed E-state index contributed by atoms with van der Waals surface area (Å²) < 4.78 is 23.6. The minimum atomic E-state index is -3.30. The Labute approximate surface area is 178 Å². The molecule has 3 N–H and O–H groups in total. The second-order valence-electron chi connectivity index (χ2n) is 7.16. The largest absolute Gasteiger partial charge is 0.346 e. The number of aromatic nitrogens is 5. The maximum Gasteiger partial charge on any atom is 0.190 e. The summed E-state index contributed by atoms with van der Waals surface area (Å²) in [4.78, 5) is 11.9. The van der Waals surface area contributed by atoms with Crippen molar-refractivity contribution in [3.63, 3.8) is 0 Å². The molecule has 0 amide bonds. The van der Waals surface area contributed by atoms with Gasteiger partial charge in [-0.3, -0.25) is 5.10 Å². The fourth-order valence-corrected chi connectivity index (χ4v) is 3.95. The Kier molecular flexibility index (Phi) is 4.52. The monoisotopic (exact) mass is 430 g/mol. The zero-order valence-electron chi connectivity index (χ0n) is 16.5. The van der Waals surface area contributed by atoms with Crippen LogP contribution in [0.15, 0.2) is 78.2 Å². The number of hydrogen-bond acceptors (Lipinski definition) is 6. The van der Waals surface area contributed by atoms with Gasteiger partial charge in [-0.25, -0.2) is 18.4 Å². The van der Waals surface area contributed by atoms with Crippen LogP contribution in [0.4, 0.5) is 11.5 Å². The fraction of sp³-hybridized carbons (Fsp3) is 0.0455. The van der Waals surface area contributed by atoms with E-state index in [1.165, 1.54) is 6.26 Å². The van der Waals surface area contributed by atoms with E-state index in [-0.39, 0.29) is 5.03 Å². The predicted molar refractivity (Wildman–Crippen MR) is 120 cm³/mol. The van der Waals surface area contributed by atoms with Crippen molar-refractivity contribution in [1.29, 1.82) is 0 Å². The highest BCUT2D eigenvalue weighted by Gasteiger charge is 2.12. The first kappa shape index (κ1) is 19.0. The van der Waals surface area contributed by atoms with E-state index in [0.717, 1.165) is 33.3 Å². The second-order valence-corrected chi connectivity index (χ2v) is 9.15. The Balaban J connectivity index is 1.41. The van der Waals surface area contributed by atoms with Gasteiger partial charge in [0.25, 0.3) is 0 Å². The van der Waals surface area contributed by atoms with Gasteiger partial charge in [0, 0.05) is 46.4 Å². The third kappa shape index (κ3) is 3.90. The maximum atomic E-state index is 11.8. The summed E-state index contributed by atoms with van der Waals surface area (Å²) in [5.41, 5.74) is 4.49. The molecule has 5 rings (SSSR count). The van der Waals surface area contributed by atoms with Crippen LogP contribution >= 0.6 is 0 Å². The van der Waals surface area contributed by atoms with E-state index < -0.39 is 9.84 Å². The highest BCUT2D eigenvalue weighted by molar-refractivity contribution is 7.90. The summed E-state index contributed by atoms with van der Waals surface area (Å²) in [6.45, 7) is 0. The van der Waals surface area contributed by atoms with E-state index in [4.69, 9.17) is 0 Å². The summed E-state index contributed by atoms with van der Waals surface area (Å²) in [6, 6.07) is 17.0. The number of sulfone groups is 1. The van der Waals surface area contributed by atoms with Crippen molar-refractivity contribution in [3.05, 3.63) is 73.2 Å². The zero-order valence-corrected chi connectivity index (χ0v) is 17.3. The predicted octanol–water partition coefficient (Wildman–Crippen LogP) is 4.16. The molecule has 0 unspecified atom stereocenters. The molecule has 0 saturated heterocycles. The fourth-order valence-electron chi connectivity index (χ4n) is 3.31. The summed E-state index contributed by atoms with van der Waals surface area (Å²) in [6.07, 6.45) is 6.49. The molecule has 0 aliphatic heterocycles. The van der Waals surface area contributed by atoms with Crippen molar-refractivity contribution in [1.82, 2.24) is 25.1 Å². The Morgan fingerprint density at radius 1 is 0.935 bits per heavy atom. The van der Waals surface area contributed by atoms with Gasteiger partial charge in [-0.1, -0.05) is 24.3 Å². The minimum Gasteiger partial charge on any atom is -0.346 e. The van der Waals surface area contributed by atoms with Crippen LogP contribution < -0.4 is 5.32 Å². The molecule has 5 aromatic rings. The third-order valence-corrected chi connectivity index (χ3v) is 5.92.